The second-order valence-electron chi connectivity index (χ2n) is 5.44. The molecule has 2 rings (SSSR count). The van der Waals surface area contributed by atoms with Gasteiger partial charge in [-0.15, -0.1) is 0 Å². The lowest BCUT2D eigenvalue weighted by atomic mass is 9.93. The van der Waals surface area contributed by atoms with E-state index in [1.807, 2.05) is 0 Å². The van der Waals surface area contributed by atoms with E-state index in [2.05, 4.69) is 5.10 Å². The van der Waals surface area contributed by atoms with Gasteiger partial charge in [0.25, 0.3) is 10.0 Å². The molecule has 0 atom stereocenters. The van der Waals surface area contributed by atoms with Crippen LogP contribution >= 0.6 is 0 Å². The van der Waals surface area contributed by atoms with Gasteiger partial charge in [-0.2, -0.15) is 9.40 Å². The third kappa shape index (κ3) is 2.75. The van der Waals surface area contributed by atoms with Crippen molar-refractivity contribution in [1.29, 1.82) is 0 Å². The average Bonchev–Trinajstić information content (AvgIpc) is 2.78. The SMILES string of the molecule is COC1CCC(N(C)S(=O)(=O)c2c(C)cnn2C)CC1. The fourth-order valence-corrected chi connectivity index (χ4v) is 4.60. The number of aromatic nitrogens is 2. The van der Waals surface area contributed by atoms with Crippen LogP contribution in [0.2, 0.25) is 0 Å². The molecule has 6 nitrogen and oxygen atoms in total. The molecular formula is C13H23N3O3S. The lowest BCUT2D eigenvalue weighted by molar-refractivity contribution is 0.0552. The van der Waals surface area contributed by atoms with Crippen LogP contribution in [0.3, 0.4) is 0 Å². The van der Waals surface area contributed by atoms with Crippen LogP contribution in [0.25, 0.3) is 0 Å². The topological polar surface area (TPSA) is 64.4 Å². The molecule has 0 spiro atoms. The highest BCUT2D eigenvalue weighted by Gasteiger charge is 2.34. The molecule has 0 saturated heterocycles. The molecule has 7 heteroatoms. The van der Waals surface area contributed by atoms with Gasteiger partial charge in [-0.05, 0) is 32.6 Å². The van der Waals surface area contributed by atoms with Crippen LogP contribution in [0, 0.1) is 6.92 Å². The standard InChI is InChI=1S/C13H23N3O3S/c1-10-9-14-15(2)13(10)20(17,18)16(3)11-5-7-12(19-4)8-6-11/h9,11-12H,5-8H2,1-4H3. The van der Waals surface area contributed by atoms with E-state index < -0.39 is 10.0 Å². The van der Waals surface area contributed by atoms with Gasteiger partial charge in [-0.25, -0.2) is 8.42 Å². The Morgan fingerprint density at radius 1 is 1.35 bits per heavy atom. The van der Waals surface area contributed by atoms with E-state index in [1.165, 1.54) is 8.99 Å². The summed E-state index contributed by atoms with van der Waals surface area (Å²) in [5.74, 6) is 0. The normalized spacial score (nSPS) is 24.2. The molecule has 0 unspecified atom stereocenters. The first-order chi connectivity index (χ1) is 9.37. The Labute approximate surface area is 120 Å². The van der Waals surface area contributed by atoms with Crippen molar-refractivity contribution in [2.45, 2.75) is 49.8 Å². The van der Waals surface area contributed by atoms with E-state index in [4.69, 9.17) is 4.74 Å². The van der Waals surface area contributed by atoms with Crippen molar-refractivity contribution in [2.24, 2.45) is 7.05 Å². The van der Waals surface area contributed by atoms with Crippen LogP contribution in [0.5, 0.6) is 0 Å². The van der Waals surface area contributed by atoms with Gasteiger partial charge in [0, 0.05) is 32.8 Å². The summed E-state index contributed by atoms with van der Waals surface area (Å²) < 4.78 is 33.7. The lowest BCUT2D eigenvalue weighted by Gasteiger charge is -2.33. The summed E-state index contributed by atoms with van der Waals surface area (Å²) in [6, 6.07) is 0.0423. The number of nitrogens with zero attached hydrogens (tertiary/aromatic N) is 3. The van der Waals surface area contributed by atoms with Crippen molar-refractivity contribution < 1.29 is 13.2 Å². The van der Waals surface area contributed by atoms with Gasteiger partial charge in [0.1, 0.15) is 0 Å². The summed E-state index contributed by atoms with van der Waals surface area (Å²) in [6.45, 7) is 1.77. The monoisotopic (exact) mass is 301 g/mol. The van der Waals surface area contributed by atoms with Crippen LogP contribution in [0.4, 0.5) is 0 Å². The Hall–Kier alpha value is -0.920. The summed E-state index contributed by atoms with van der Waals surface area (Å²) in [7, 11) is 1.55. The third-order valence-electron chi connectivity index (χ3n) is 4.17. The van der Waals surface area contributed by atoms with Gasteiger partial charge in [-0.1, -0.05) is 0 Å². The van der Waals surface area contributed by atoms with Crippen LogP contribution in [0.15, 0.2) is 11.2 Å². The van der Waals surface area contributed by atoms with Crippen LogP contribution < -0.4 is 0 Å². The zero-order chi connectivity index (χ0) is 14.9. The molecule has 1 fully saturated rings. The number of aryl methyl sites for hydroxylation is 2. The summed E-state index contributed by atoms with van der Waals surface area (Å²) in [5, 5.41) is 4.31. The van der Waals surface area contributed by atoms with Gasteiger partial charge in [-0.3, -0.25) is 4.68 Å². The van der Waals surface area contributed by atoms with Crippen molar-refractivity contribution in [3.05, 3.63) is 11.8 Å². The molecule has 1 aromatic heterocycles. The molecule has 0 radical (unpaired) electrons. The minimum absolute atomic E-state index is 0.0423. The smallest absolute Gasteiger partial charge is 0.260 e. The highest BCUT2D eigenvalue weighted by molar-refractivity contribution is 7.89. The molecule has 114 valence electrons. The number of ether oxygens (including phenoxy) is 1. The number of hydrogen-bond donors (Lipinski definition) is 0. The lowest BCUT2D eigenvalue weighted by Crippen LogP contribution is -2.41. The van der Waals surface area contributed by atoms with Crippen molar-refractivity contribution in [3.63, 3.8) is 0 Å². The van der Waals surface area contributed by atoms with Crippen molar-refractivity contribution >= 4 is 10.0 Å². The maximum absolute atomic E-state index is 12.7. The van der Waals surface area contributed by atoms with Crippen LogP contribution in [-0.2, 0) is 21.8 Å². The Kier molecular flexibility index (Phi) is 4.51. The zero-order valence-electron chi connectivity index (χ0n) is 12.5. The summed E-state index contributed by atoms with van der Waals surface area (Å²) in [4.78, 5) is 0. The molecule has 1 aliphatic rings. The minimum Gasteiger partial charge on any atom is -0.381 e. The summed E-state index contributed by atoms with van der Waals surface area (Å²) in [6.07, 6.45) is 5.34. The highest BCUT2D eigenvalue weighted by Crippen LogP contribution is 2.28. The molecule has 1 aliphatic carbocycles. The first kappa shape index (κ1) is 15.5. The molecule has 0 amide bonds. The Balaban J connectivity index is 2.18. The largest absolute Gasteiger partial charge is 0.381 e. The fourth-order valence-electron chi connectivity index (χ4n) is 2.88. The summed E-state index contributed by atoms with van der Waals surface area (Å²) >= 11 is 0. The quantitative estimate of drug-likeness (QED) is 0.841. The summed E-state index contributed by atoms with van der Waals surface area (Å²) in [5.41, 5.74) is 0.685. The second kappa shape index (κ2) is 5.83. The minimum atomic E-state index is -3.49. The Bertz CT molecular complexity index is 540. The number of methoxy groups -OCH3 is 1. The molecular weight excluding hydrogens is 278 g/mol. The predicted octanol–water partition coefficient (Wildman–Crippen LogP) is 1.31. The molecule has 1 aromatic rings. The van der Waals surface area contributed by atoms with E-state index in [0.717, 1.165) is 25.7 Å². The predicted molar refractivity (Wildman–Crippen MR) is 75.9 cm³/mol. The van der Waals surface area contributed by atoms with E-state index in [1.54, 1.807) is 34.3 Å². The van der Waals surface area contributed by atoms with Gasteiger partial charge in [0.15, 0.2) is 5.03 Å². The number of hydrogen-bond acceptors (Lipinski definition) is 4. The number of rotatable bonds is 4. The molecule has 1 heterocycles. The second-order valence-corrected chi connectivity index (χ2v) is 7.36. The van der Waals surface area contributed by atoms with Gasteiger partial charge in [0.2, 0.25) is 0 Å². The van der Waals surface area contributed by atoms with Crippen LogP contribution in [0.1, 0.15) is 31.2 Å². The van der Waals surface area contributed by atoms with Gasteiger partial charge >= 0.3 is 0 Å². The van der Waals surface area contributed by atoms with Crippen molar-refractivity contribution in [2.75, 3.05) is 14.2 Å². The average molecular weight is 301 g/mol. The van der Waals surface area contributed by atoms with Crippen molar-refractivity contribution in [1.82, 2.24) is 14.1 Å². The highest BCUT2D eigenvalue weighted by atomic mass is 32.2. The first-order valence-corrected chi connectivity index (χ1v) is 8.31. The van der Waals surface area contributed by atoms with Crippen LogP contribution in [-0.4, -0.2) is 48.8 Å². The maximum Gasteiger partial charge on any atom is 0.260 e. The first-order valence-electron chi connectivity index (χ1n) is 6.87. The van der Waals surface area contributed by atoms with Gasteiger partial charge in [0.05, 0.1) is 12.3 Å². The van der Waals surface area contributed by atoms with Crippen molar-refractivity contribution in [3.8, 4) is 0 Å². The Morgan fingerprint density at radius 2 is 1.95 bits per heavy atom. The fraction of sp³-hybridized carbons (Fsp3) is 0.769. The maximum atomic E-state index is 12.7. The van der Waals surface area contributed by atoms with E-state index in [-0.39, 0.29) is 17.2 Å². The van der Waals surface area contributed by atoms with E-state index in [0.29, 0.717) is 5.56 Å². The molecule has 0 N–H and O–H groups in total. The van der Waals surface area contributed by atoms with Gasteiger partial charge < -0.3 is 4.74 Å². The third-order valence-corrected chi connectivity index (χ3v) is 6.30. The molecule has 0 aromatic carbocycles. The van der Waals surface area contributed by atoms with E-state index in [9.17, 15) is 8.42 Å². The molecule has 0 bridgehead atoms. The molecule has 0 aliphatic heterocycles. The number of sulfonamides is 1. The Morgan fingerprint density at radius 3 is 2.40 bits per heavy atom. The zero-order valence-corrected chi connectivity index (χ0v) is 13.4. The molecule has 20 heavy (non-hydrogen) atoms. The molecule has 1 saturated carbocycles. The van der Waals surface area contributed by atoms with E-state index >= 15 is 0 Å².